The van der Waals surface area contributed by atoms with Gasteiger partial charge in [0.2, 0.25) is 0 Å². The molecule has 0 spiro atoms. The van der Waals surface area contributed by atoms with Crippen LogP contribution in [0, 0.1) is 23.7 Å². The second-order valence-corrected chi connectivity index (χ2v) is 8.32. The van der Waals surface area contributed by atoms with E-state index in [2.05, 4.69) is 111 Å². The van der Waals surface area contributed by atoms with Crippen molar-refractivity contribution in [1.82, 2.24) is 0 Å². The zero-order valence-corrected chi connectivity index (χ0v) is 17.4. The van der Waals surface area contributed by atoms with Gasteiger partial charge in [-0.2, -0.15) is 0 Å². The summed E-state index contributed by atoms with van der Waals surface area (Å²) in [4.78, 5) is 0. The van der Waals surface area contributed by atoms with Crippen LogP contribution in [0.25, 0.3) is 12.2 Å². The summed E-state index contributed by atoms with van der Waals surface area (Å²) >= 11 is 0. The molecule has 3 rings (SSSR count). The minimum Gasteiger partial charge on any atom is -0.0883 e. The third-order valence-corrected chi connectivity index (χ3v) is 6.23. The molecule has 0 heterocycles. The lowest BCUT2D eigenvalue weighted by Gasteiger charge is -2.33. The van der Waals surface area contributed by atoms with Crippen molar-refractivity contribution in [3.8, 4) is 0 Å². The third-order valence-electron chi connectivity index (χ3n) is 6.23. The van der Waals surface area contributed by atoms with Gasteiger partial charge in [-0.15, -0.1) is 0 Å². The maximum Gasteiger partial charge on any atom is -0.0260 e. The van der Waals surface area contributed by atoms with E-state index in [1.54, 1.807) is 0 Å². The Morgan fingerprint density at radius 1 is 0.821 bits per heavy atom. The highest BCUT2D eigenvalue weighted by atomic mass is 14.3. The van der Waals surface area contributed by atoms with Crippen molar-refractivity contribution in [2.45, 2.75) is 39.5 Å². The van der Waals surface area contributed by atoms with Gasteiger partial charge in [0.05, 0.1) is 0 Å². The number of allylic oxidation sites excluding steroid dienone is 4. The lowest BCUT2D eigenvalue weighted by molar-refractivity contribution is 0.187. The van der Waals surface area contributed by atoms with Crippen LogP contribution >= 0.6 is 0 Å². The lowest BCUT2D eigenvalue weighted by atomic mass is 9.72. The molecule has 0 saturated heterocycles. The highest BCUT2D eigenvalue weighted by molar-refractivity contribution is 5.49. The van der Waals surface area contributed by atoms with E-state index >= 15 is 0 Å². The van der Waals surface area contributed by atoms with Crippen LogP contribution in [-0.4, -0.2) is 0 Å². The van der Waals surface area contributed by atoms with Gasteiger partial charge < -0.3 is 0 Å². The van der Waals surface area contributed by atoms with Crippen LogP contribution < -0.4 is 0 Å². The third kappa shape index (κ3) is 6.09. The molecule has 0 nitrogen and oxygen atoms in total. The maximum absolute atomic E-state index is 2.44. The predicted molar refractivity (Wildman–Crippen MR) is 124 cm³/mol. The first kappa shape index (κ1) is 20.4. The Morgan fingerprint density at radius 2 is 1.39 bits per heavy atom. The SMILES string of the molecule is CC(C/C=C/c1ccccc1)C1CC=CCC(C)C1C/C=C/c1ccccc1. The summed E-state index contributed by atoms with van der Waals surface area (Å²) in [6.07, 6.45) is 18.9. The van der Waals surface area contributed by atoms with Gasteiger partial charge in [-0.1, -0.05) is 111 Å². The van der Waals surface area contributed by atoms with Crippen LogP contribution in [0.3, 0.4) is 0 Å². The molecule has 0 aliphatic heterocycles. The van der Waals surface area contributed by atoms with Gasteiger partial charge in [0, 0.05) is 0 Å². The summed E-state index contributed by atoms with van der Waals surface area (Å²) in [5, 5.41) is 0. The van der Waals surface area contributed by atoms with Crippen molar-refractivity contribution in [1.29, 1.82) is 0 Å². The molecule has 0 fully saturated rings. The molecule has 4 unspecified atom stereocenters. The van der Waals surface area contributed by atoms with Crippen LogP contribution in [0.1, 0.15) is 50.7 Å². The molecule has 0 bridgehead atoms. The molecule has 28 heavy (non-hydrogen) atoms. The molecule has 4 atom stereocenters. The summed E-state index contributed by atoms with van der Waals surface area (Å²) < 4.78 is 0. The molecular weight excluding hydrogens is 336 g/mol. The molecule has 0 heteroatoms. The van der Waals surface area contributed by atoms with E-state index in [-0.39, 0.29) is 0 Å². The molecule has 2 aromatic carbocycles. The van der Waals surface area contributed by atoms with Gasteiger partial charge in [0.25, 0.3) is 0 Å². The number of rotatable bonds is 7. The lowest BCUT2D eigenvalue weighted by Crippen LogP contribution is -2.25. The summed E-state index contributed by atoms with van der Waals surface area (Å²) in [6, 6.07) is 21.3. The average Bonchev–Trinajstić information content (AvgIpc) is 2.91. The molecule has 0 radical (unpaired) electrons. The van der Waals surface area contributed by atoms with E-state index < -0.39 is 0 Å². The molecule has 2 aromatic rings. The van der Waals surface area contributed by atoms with Crippen LogP contribution in [-0.2, 0) is 0 Å². The smallest absolute Gasteiger partial charge is 0.0260 e. The standard InChI is InChI=1S/C28H34/c1-23-13-9-10-21-27(24(2)14-11-19-25-15-5-3-6-16-25)28(23)22-12-20-26-17-7-4-8-18-26/h3-12,15-20,23-24,27-28H,13-14,21-22H2,1-2H3/b19-11+,20-12+. The van der Waals surface area contributed by atoms with Crippen molar-refractivity contribution in [2.24, 2.45) is 23.7 Å². The number of hydrogen-bond donors (Lipinski definition) is 0. The Bertz CT molecular complexity index is 766. The largest absolute Gasteiger partial charge is 0.0883 e. The molecular formula is C28H34. The van der Waals surface area contributed by atoms with Crippen LogP contribution in [0.2, 0.25) is 0 Å². The van der Waals surface area contributed by atoms with E-state index in [0.717, 1.165) is 24.2 Å². The minimum atomic E-state index is 0.695. The van der Waals surface area contributed by atoms with Crippen molar-refractivity contribution in [3.63, 3.8) is 0 Å². The molecule has 0 aromatic heterocycles. The fourth-order valence-corrected chi connectivity index (χ4v) is 4.48. The zero-order chi connectivity index (χ0) is 19.6. The fraction of sp³-hybridized carbons (Fsp3) is 0.357. The highest BCUT2D eigenvalue weighted by Crippen LogP contribution is 2.39. The topological polar surface area (TPSA) is 0 Å². The molecule has 1 aliphatic rings. The van der Waals surface area contributed by atoms with E-state index in [1.807, 2.05) is 0 Å². The Kier molecular flexibility index (Phi) is 7.91. The van der Waals surface area contributed by atoms with Crippen molar-refractivity contribution < 1.29 is 0 Å². The van der Waals surface area contributed by atoms with Crippen molar-refractivity contribution in [3.05, 3.63) is 96.1 Å². The zero-order valence-electron chi connectivity index (χ0n) is 17.4. The van der Waals surface area contributed by atoms with Gasteiger partial charge in [-0.3, -0.25) is 0 Å². The first-order valence-corrected chi connectivity index (χ1v) is 10.8. The van der Waals surface area contributed by atoms with Crippen molar-refractivity contribution >= 4 is 12.2 Å². The normalized spacial score (nSPS) is 23.9. The van der Waals surface area contributed by atoms with Crippen LogP contribution in [0.4, 0.5) is 0 Å². The van der Waals surface area contributed by atoms with E-state index in [1.165, 1.54) is 30.4 Å². The second-order valence-electron chi connectivity index (χ2n) is 8.32. The molecule has 0 amide bonds. The number of hydrogen-bond acceptors (Lipinski definition) is 0. The molecule has 1 aliphatic carbocycles. The quantitative estimate of drug-likeness (QED) is 0.432. The van der Waals surface area contributed by atoms with Crippen LogP contribution in [0.15, 0.2) is 85.0 Å². The van der Waals surface area contributed by atoms with Gasteiger partial charge in [-0.25, -0.2) is 0 Å². The minimum absolute atomic E-state index is 0.695. The van der Waals surface area contributed by atoms with Crippen molar-refractivity contribution in [2.75, 3.05) is 0 Å². The van der Waals surface area contributed by atoms with Gasteiger partial charge in [0.15, 0.2) is 0 Å². The first-order valence-electron chi connectivity index (χ1n) is 10.8. The van der Waals surface area contributed by atoms with Gasteiger partial charge in [-0.05, 0) is 60.5 Å². The second kappa shape index (κ2) is 10.9. The Morgan fingerprint density at radius 3 is 2.04 bits per heavy atom. The monoisotopic (exact) mass is 370 g/mol. The summed E-state index contributed by atoms with van der Waals surface area (Å²) in [7, 11) is 0. The molecule has 0 saturated carbocycles. The van der Waals surface area contributed by atoms with Gasteiger partial charge >= 0.3 is 0 Å². The van der Waals surface area contributed by atoms with E-state index in [0.29, 0.717) is 5.92 Å². The Labute approximate surface area is 171 Å². The van der Waals surface area contributed by atoms with E-state index in [4.69, 9.17) is 0 Å². The predicted octanol–water partition coefficient (Wildman–Crippen LogP) is 8.05. The Hall–Kier alpha value is -2.34. The van der Waals surface area contributed by atoms with E-state index in [9.17, 15) is 0 Å². The molecule has 146 valence electrons. The highest BCUT2D eigenvalue weighted by Gasteiger charge is 2.29. The fourth-order valence-electron chi connectivity index (χ4n) is 4.48. The Balaban J connectivity index is 1.64. The molecule has 0 N–H and O–H groups in total. The summed E-state index contributed by atoms with van der Waals surface area (Å²) in [5.41, 5.74) is 2.60. The summed E-state index contributed by atoms with van der Waals surface area (Å²) in [5.74, 6) is 2.93. The number of benzene rings is 2. The van der Waals surface area contributed by atoms with Crippen LogP contribution in [0.5, 0.6) is 0 Å². The first-order chi connectivity index (χ1) is 13.7. The average molecular weight is 371 g/mol. The maximum atomic E-state index is 2.44. The summed E-state index contributed by atoms with van der Waals surface area (Å²) in [6.45, 7) is 4.88. The van der Waals surface area contributed by atoms with Gasteiger partial charge in [0.1, 0.15) is 0 Å².